The Morgan fingerprint density at radius 1 is 0.347 bits per heavy atom. The van der Waals surface area contributed by atoms with E-state index in [2.05, 4.69) is 121 Å². The molecule has 8 heterocycles. The molecule has 0 spiro atoms. The van der Waals surface area contributed by atoms with Crippen LogP contribution in [0, 0.1) is 11.8 Å². The van der Waals surface area contributed by atoms with E-state index in [0.29, 0.717) is 36.1 Å². The molecule has 0 saturated carbocycles. The quantitative estimate of drug-likeness (QED) is 0.0378. The first-order valence-corrected chi connectivity index (χ1v) is 33.1. The van der Waals surface area contributed by atoms with Crippen LogP contribution in [-0.2, 0) is 9.59 Å². The Labute approximate surface area is 457 Å². The molecule has 2 unspecified atom stereocenters. The number of rotatable bonds is 34. The van der Waals surface area contributed by atoms with Gasteiger partial charge in [-0.05, 0) is 109 Å². The van der Waals surface area contributed by atoms with Crippen LogP contribution in [0.4, 0.5) is 0 Å². The first kappa shape index (κ1) is 54.9. The maximum atomic E-state index is 15.9. The Balaban J connectivity index is 1.20. The molecule has 2 aliphatic heterocycles. The molecule has 386 valence electrons. The highest BCUT2D eigenvalue weighted by atomic mass is 32.1. The Morgan fingerprint density at radius 2 is 0.625 bits per heavy atom. The molecular formula is C62H80N2O2S6. The SMILES string of the molecule is CCCCCCCCC(CCCCCC)CN1C(=O)C2=C(c3ccc(-c4ccc(-c5cccs5)s4)s3)N(CC(CCCCCC)CCCCCCCC)C(=O)C2=C1c1ccc(-c2ccc(-c3cccs3)s2)s1. The van der Waals surface area contributed by atoms with E-state index in [1.54, 1.807) is 45.3 Å². The number of hydrogen-bond donors (Lipinski definition) is 0. The summed E-state index contributed by atoms with van der Waals surface area (Å²) in [6.45, 7) is 10.5. The summed E-state index contributed by atoms with van der Waals surface area (Å²) in [6, 6.07) is 26.5. The first-order chi connectivity index (χ1) is 35.4. The molecule has 0 saturated heterocycles. The largest absolute Gasteiger partial charge is 0.306 e. The average molecular weight is 1080 g/mol. The molecule has 0 radical (unpaired) electrons. The number of nitrogens with zero attached hydrogens (tertiary/aromatic N) is 2. The van der Waals surface area contributed by atoms with Crippen LogP contribution in [-0.4, -0.2) is 34.7 Å². The van der Waals surface area contributed by atoms with Crippen molar-refractivity contribution in [3.63, 3.8) is 0 Å². The van der Waals surface area contributed by atoms with Gasteiger partial charge in [-0.2, -0.15) is 0 Å². The van der Waals surface area contributed by atoms with Crippen molar-refractivity contribution in [1.82, 2.24) is 9.80 Å². The van der Waals surface area contributed by atoms with Crippen molar-refractivity contribution in [3.05, 3.63) is 104 Å². The minimum atomic E-state index is 0.0277. The summed E-state index contributed by atoms with van der Waals surface area (Å²) in [7, 11) is 0. The van der Waals surface area contributed by atoms with E-state index >= 15 is 9.59 Å². The summed E-state index contributed by atoms with van der Waals surface area (Å²) >= 11 is 10.7. The van der Waals surface area contributed by atoms with Gasteiger partial charge in [0, 0.05) is 52.1 Å². The molecule has 2 atom stereocenters. The maximum Gasteiger partial charge on any atom is 0.261 e. The van der Waals surface area contributed by atoms with Gasteiger partial charge in [-0.25, -0.2) is 0 Å². The van der Waals surface area contributed by atoms with Gasteiger partial charge in [0.2, 0.25) is 0 Å². The Bertz CT molecular complexity index is 2450. The maximum absolute atomic E-state index is 15.9. The van der Waals surface area contributed by atoms with Gasteiger partial charge in [0.15, 0.2) is 0 Å². The van der Waals surface area contributed by atoms with Crippen LogP contribution in [0.1, 0.15) is 192 Å². The van der Waals surface area contributed by atoms with Crippen molar-refractivity contribution in [1.29, 1.82) is 0 Å². The van der Waals surface area contributed by atoms with Gasteiger partial charge >= 0.3 is 0 Å². The highest BCUT2D eigenvalue weighted by Gasteiger charge is 2.50. The monoisotopic (exact) mass is 1080 g/mol. The summed E-state index contributed by atoms with van der Waals surface area (Å²) in [5.74, 6) is 0.808. The fourth-order valence-corrected chi connectivity index (χ4v) is 16.8. The van der Waals surface area contributed by atoms with Gasteiger partial charge in [-0.3, -0.25) is 9.59 Å². The fraction of sp³-hybridized carbons (Fsp3) is 0.516. The van der Waals surface area contributed by atoms with E-state index < -0.39 is 0 Å². The molecule has 6 aromatic heterocycles. The van der Waals surface area contributed by atoms with Gasteiger partial charge in [-0.1, -0.05) is 168 Å². The molecule has 8 rings (SSSR count). The molecule has 0 aliphatic carbocycles. The smallest absolute Gasteiger partial charge is 0.261 e. The summed E-state index contributed by atoms with van der Waals surface area (Å²) in [5, 5.41) is 4.29. The molecule has 0 bridgehead atoms. The zero-order valence-corrected chi connectivity index (χ0v) is 48.7. The van der Waals surface area contributed by atoms with E-state index in [1.807, 2.05) is 22.7 Å². The third-order valence-electron chi connectivity index (χ3n) is 14.8. The van der Waals surface area contributed by atoms with Crippen molar-refractivity contribution in [3.8, 4) is 39.0 Å². The Kier molecular flexibility index (Phi) is 21.7. The minimum absolute atomic E-state index is 0.0277. The van der Waals surface area contributed by atoms with Gasteiger partial charge in [0.25, 0.3) is 11.8 Å². The molecule has 0 aromatic carbocycles. The van der Waals surface area contributed by atoms with Crippen molar-refractivity contribution in [2.24, 2.45) is 11.8 Å². The zero-order chi connectivity index (χ0) is 50.1. The summed E-state index contributed by atoms with van der Waals surface area (Å²) in [4.78, 5) is 48.1. The van der Waals surface area contributed by atoms with Crippen LogP contribution >= 0.6 is 68.0 Å². The number of carbonyl (C=O) groups is 2. The topological polar surface area (TPSA) is 40.6 Å². The standard InChI is InChI=1S/C62H80N2O2S6/c1-5-9-13-17-19-23-29-45(27-21-15-11-7-3)43-63-59(55-39-37-53(71-55)51-35-33-49(69-51)47-31-25-41-67-47)57-58(61(63)65)60(56-40-38-54(72-56)52-36-34-50(70-52)48-32-26-42-68-48)64(62(57)66)44-46(28-22-16-12-8-4)30-24-20-18-14-10-6-2/h25-26,31-42,45-46H,5-24,27-30,43-44H2,1-4H3. The molecule has 0 N–H and O–H groups in total. The first-order valence-electron chi connectivity index (χ1n) is 28.0. The van der Waals surface area contributed by atoms with Gasteiger partial charge < -0.3 is 9.80 Å². The molecule has 4 nitrogen and oxygen atoms in total. The number of carbonyl (C=O) groups excluding carboxylic acids is 2. The molecule has 10 heteroatoms. The Hall–Kier alpha value is -3.38. The van der Waals surface area contributed by atoms with Crippen molar-refractivity contribution in [2.45, 2.75) is 182 Å². The van der Waals surface area contributed by atoms with Crippen LogP contribution in [0.5, 0.6) is 0 Å². The second-order valence-electron chi connectivity index (χ2n) is 20.4. The molecule has 2 amide bonds. The van der Waals surface area contributed by atoms with Crippen LogP contribution < -0.4 is 0 Å². The predicted molar refractivity (Wildman–Crippen MR) is 320 cm³/mol. The number of hydrogen-bond acceptors (Lipinski definition) is 8. The highest BCUT2D eigenvalue weighted by Crippen LogP contribution is 2.52. The average Bonchev–Trinajstić information content (AvgIpc) is 4.24. The lowest BCUT2D eigenvalue weighted by Gasteiger charge is -2.29. The lowest BCUT2D eigenvalue weighted by Crippen LogP contribution is -2.34. The fourth-order valence-electron chi connectivity index (χ4n) is 10.8. The Morgan fingerprint density at radius 3 is 0.944 bits per heavy atom. The van der Waals surface area contributed by atoms with Crippen LogP contribution in [0.25, 0.3) is 50.4 Å². The number of fused-ring (bicyclic) bond motifs is 1. The van der Waals surface area contributed by atoms with Crippen LogP contribution in [0.2, 0.25) is 0 Å². The van der Waals surface area contributed by atoms with E-state index in [4.69, 9.17) is 0 Å². The predicted octanol–water partition coefficient (Wildman–Crippen LogP) is 21.2. The molecule has 72 heavy (non-hydrogen) atoms. The summed E-state index contributed by atoms with van der Waals surface area (Å²) in [5.41, 5.74) is 3.01. The second-order valence-corrected chi connectivity index (χ2v) is 26.7. The minimum Gasteiger partial charge on any atom is -0.306 e. The van der Waals surface area contributed by atoms with E-state index in [-0.39, 0.29) is 11.8 Å². The third kappa shape index (κ3) is 14.1. The van der Waals surface area contributed by atoms with E-state index in [0.717, 1.165) is 46.8 Å². The van der Waals surface area contributed by atoms with Gasteiger partial charge in [0.05, 0.1) is 32.3 Å². The van der Waals surface area contributed by atoms with Crippen LogP contribution in [0.15, 0.2) is 94.7 Å². The summed E-state index contributed by atoms with van der Waals surface area (Å²) < 4.78 is 0. The molecular weight excluding hydrogens is 997 g/mol. The van der Waals surface area contributed by atoms with Crippen molar-refractivity contribution in [2.75, 3.05) is 13.1 Å². The summed E-state index contributed by atoms with van der Waals surface area (Å²) in [6.07, 6.45) is 29.4. The number of amides is 2. The van der Waals surface area contributed by atoms with Crippen molar-refractivity contribution >= 4 is 91.2 Å². The van der Waals surface area contributed by atoms with E-state index in [9.17, 15) is 0 Å². The third-order valence-corrected chi connectivity index (χ3v) is 21.7. The molecule has 6 aromatic rings. The zero-order valence-electron chi connectivity index (χ0n) is 43.8. The van der Waals surface area contributed by atoms with Crippen molar-refractivity contribution < 1.29 is 9.59 Å². The second kappa shape index (κ2) is 28.5. The lowest BCUT2D eigenvalue weighted by atomic mass is 9.93. The number of unbranched alkanes of at least 4 members (excludes halogenated alkanes) is 16. The normalized spacial score (nSPS) is 14.8. The van der Waals surface area contributed by atoms with Gasteiger partial charge in [-0.15, -0.1) is 68.0 Å². The van der Waals surface area contributed by atoms with Gasteiger partial charge in [0.1, 0.15) is 0 Å². The molecule has 2 aliphatic rings. The molecule has 0 fully saturated rings. The van der Waals surface area contributed by atoms with Crippen LogP contribution in [0.3, 0.4) is 0 Å². The number of thiophene rings is 6. The highest BCUT2D eigenvalue weighted by molar-refractivity contribution is 7.27. The van der Waals surface area contributed by atoms with E-state index in [1.165, 1.54) is 167 Å². The lowest BCUT2D eigenvalue weighted by molar-refractivity contribution is -0.124.